The van der Waals surface area contributed by atoms with Gasteiger partial charge in [0.25, 0.3) is 0 Å². The number of nitrogens with two attached hydrogens (primary N) is 1. The molecule has 0 fully saturated rings. The van der Waals surface area contributed by atoms with E-state index in [9.17, 15) is 24.3 Å². The average molecular weight is 932 g/mol. The van der Waals surface area contributed by atoms with Crippen LogP contribution in [-0.2, 0) is 81.3 Å². The normalized spacial score (nSPS) is 12.1. The number of azide groups is 1. The smallest absolute Gasteiger partial charge is 0.224 e. The third-order valence-corrected chi connectivity index (χ3v) is 9.68. The highest BCUT2D eigenvalue weighted by Crippen LogP contribution is 2.16. The first kappa shape index (κ1) is 57.9. The Morgan fingerprint density at radius 1 is 0.606 bits per heavy atom. The number of ether oxygens (including phenoxy) is 9. The highest BCUT2D eigenvalue weighted by Gasteiger charge is 2.27. The molecule has 2 unspecified atom stereocenters. The van der Waals surface area contributed by atoms with E-state index in [1.54, 1.807) is 24.3 Å². The van der Waals surface area contributed by atoms with Gasteiger partial charge in [-0.05, 0) is 60.9 Å². The summed E-state index contributed by atoms with van der Waals surface area (Å²) in [5.41, 5.74) is 16.3. The van der Waals surface area contributed by atoms with Crippen molar-refractivity contribution in [1.29, 1.82) is 0 Å². The molecule has 2 aromatic rings. The Balaban J connectivity index is 1.50. The number of carbonyl (C=O) groups is 4. The van der Waals surface area contributed by atoms with Gasteiger partial charge in [0.2, 0.25) is 5.91 Å². The molecule has 0 aliphatic carbocycles. The number of rotatable bonds is 46. The lowest BCUT2D eigenvalue weighted by Gasteiger charge is -2.22. The Morgan fingerprint density at radius 2 is 1.11 bits per heavy atom. The molecule has 0 aliphatic rings. The van der Waals surface area contributed by atoms with E-state index in [4.69, 9.17) is 53.9 Å². The quantitative estimate of drug-likeness (QED) is 0.0371. The minimum Gasteiger partial charge on any atom is -0.392 e. The lowest BCUT2D eigenvalue weighted by Crippen LogP contribution is -2.45. The molecule has 0 heterocycles. The maximum absolute atomic E-state index is 13.7. The first-order valence-electron chi connectivity index (χ1n) is 22.9. The summed E-state index contributed by atoms with van der Waals surface area (Å²) in [4.78, 5) is 55.3. The maximum atomic E-state index is 13.7. The van der Waals surface area contributed by atoms with Crippen molar-refractivity contribution in [2.75, 3.05) is 132 Å². The summed E-state index contributed by atoms with van der Waals surface area (Å²) in [7, 11) is 0. The fourth-order valence-electron chi connectivity index (χ4n) is 6.19. The molecule has 0 bridgehead atoms. The largest absolute Gasteiger partial charge is 0.392 e. The average Bonchev–Trinajstić information content (AvgIpc) is 3.32. The molecule has 0 saturated carbocycles. The predicted molar refractivity (Wildman–Crippen MR) is 245 cm³/mol. The summed E-state index contributed by atoms with van der Waals surface area (Å²) >= 11 is 0. The van der Waals surface area contributed by atoms with Gasteiger partial charge in [-0.3, -0.25) is 19.2 Å². The number of aliphatic hydroxyl groups is 1. The second kappa shape index (κ2) is 41.0. The van der Waals surface area contributed by atoms with Crippen molar-refractivity contribution in [1.82, 2.24) is 5.32 Å². The molecule has 2 aromatic carbocycles. The number of aliphatic hydroxyl groups excluding tert-OH is 1. The van der Waals surface area contributed by atoms with E-state index in [0.29, 0.717) is 144 Å². The Labute approximate surface area is 389 Å². The van der Waals surface area contributed by atoms with Gasteiger partial charge < -0.3 is 58.8 Å². The fourth-order valence-corrected chi connectivity index (χ4v) is 6.19. The van der Waals surface area contributed by atoms with Crippen LogP contribution in [0.5, 0.6) is 0 Å². The fraction of sp³-hybridized carbons (Fsp3) is 0.660. The highest BCUT2D eigenvalue weighted by atomic mass is 16.6. The number of nitrogens with one attached hydrogen (secondary N) is 1. The van der Waals surface area contributed by atoms with Gasteiger partial charge in [-0.25, -0.2) is 0 Å². The number of amides is 1. The first-order chi connectivity index (χ1) is 32.4. The Kier molecular flexibility index (Phi) is 36.0. The standard InChI is InChI=1S/C47H73N5O14/c48-15-5-4-10-45(46(56)34-40-11-13-41(36-53)14-12-40)51-47(57)42(33-39-7-2-1-3-8-39)35-44(55)38-66-37-43(54)9-6-17-58-19-21-60-23-25-62-27-29-64-31-32-65-30-28-63-26-24-61-22-20-59-18-16-50-52-49/h1-3,7-8,11-14,42,45,53H,4-6,9-10,15-38,48H2,(H,51,57). The van der Waals surface area contributed by atoms with E-state index in [2.05, 4.69) is 15.3 Å². The van der Waals surface area contributed by atoms with Crippen molar-refractivity contribution >= 4 is 23.3 Å². The number of carbonyl (C=O) groups excluding carboxylic acids is 4. The van der Waals surface area contributed by atoms with Gasteiger partial charge in [0.05, 0.1) is 112 Å². The molecule has 4 N–H and O–H groups in total. The Bertz CT molecular complexity index is 1600. The molecule has 19 nitrogen and oxygen atoms in total. The number of hydrogen-bond acceptors (Lipinski definition) is 16. The van der Waals surface area contributed by atoms with Gasteiger partial charge in [0.15, 0.2) is 17.3 Å². The van der Waals surface area contributed by atoms with Crippen LogP contribution in [0.3, 0.4) is 0 Å². The summed E-state index contributed by atoms with van der Waals surface area (Å²) < 4.78 is 49.0. The van der Waals surface area contributed by atoms with Crippen LogP contribution in [0.25, 0.3) is 10.4 Å². The van der Waals surface area contributed by atoms with Crippen molar-refractivity contribution < 1.29 is 66.9 Å². The topological polar surface area (TPSA) is 258 Å². The van der Waals surface area contributed by atoms with Crippen LogP contribution < -0.4 is 11.1 Å². The zero-order valence-electron chi connectivity index (χ0n) is 38.5. The van der Waals surface area contributed by atoms with E-state index in [1.165, 1.54) is 0 Å². The summed E-state index contributed by atoms with van der Waals surface area (Å²) in [6, 6.07) is 15.7. The van der Waals surface area contributed by atoms with Gasteiger partial charge in [0.1, 0.15) is 13.2 Å². The Morgan fingerprint density at radius 3 is 1.62 bits per heavy atom. The molecular formula is C47H73N5O14. The first-order valence-corrected chi connectivity index (χ1v) is 22.9. The molecule has 0 aliphatic heterocycles. The molecule has 0 radical (unpaired) electrons. The number of unbranched alkanes of at least 4 members (excludes halogenated alkanes) is 1. The van der Waals surface area contributed by atoms with E-state index in [-0.39, 0.29) is 62.9 Å². The van der Waals surface area contributed by atoms with Gasteiger partial charge in [0, 0.05) is 43.2 Å². The second-order valence-corrected chi connectivity index (χ2v) is 15.1. The molecule has 0 aromatic heterocycles. The molecule has 0 saturated heterocycles. The van der Waals surface area contributed by atoms with E-state index in [1.807, 2.05) is 30.3 Å². The molecule has 66 heavy (non-hydrogen) atoms. The van der Waals surface area contributed by atoms with Crippen molar-refractivity contribution in [3.63, 3.8) is 0 Å². The van der Waals surface area contributed by atoms with E-state index < -0.39 is 17.9 Å². The Hall–Kier alpha value is -4.21. The SMILES string of the molecule is [N-]=[N+]=NCCOCCOCCOCCOCCOCCOCCOCCOCCCC(=O)COCC(=O)CC(Cc1ccccc1)C(=O)NC(CCCCN)C(=O)Cc1ccc(CO)cc1. The molecule has 1 amide bonds. The second-order valence-electron chi connectivity index (χ2n) is 15.1. The molecule has 370 valence electrons. The summed E-state index contributed by atoms with van der Waals surface area (Å²) in [5.74, 6) is -1.79. The number of benzene rings is 2. The van der Waals surface area contributed by atoms with Gasteiger partial charge >= 0.3 is 0 Å². The van der Waals surface area contributed by atoms with Crippen LogP contribution in [0.4, 0.5) is 0 Å². The number of hydrogen-bond donors (Lipinski definition) is 3. The van der Waals surface area contributed by atoms with Gasteiger partial charge in [-0.15, -0.1) is 0 Å². The van der Waals surface area contributed by atoms with Crippen LogP contribution >= 0.6 is 0 Å². The summed E-state index contributed by atoms with van der Waals surface area (Å²) in [5, 5.41) is 15.7. The van der Waals surface area contributed by atoms with Crippen molar-refractivity contribution in [3.8, 4) is 0 Å². The van der Waals surface area contributed by atoms with Crippen molar-refractivity contribution in [3.05, 3.63) is 81.7 Å². The summed E-state index contributed by atoms with van der Waals surface area (Å²) in [6.45, 7) is 6.96. The van der Waals surface area contributed by atoms with Crippen LogP contribution in [0.15, 0.2) is 59.7 Å². The third-order valence-electron chi connectivity index (χ3n) is 9.68. The van der Waals surface area contributed by atoms with Crippen LogP contribution in [0.2, 0.25) is 0 Å². The highest BCUT2D eigenvalue weighted by molar-refractivity contribution is 5.93. The summed E-state index contributed by atoms with van der Waals surface area (Å²) in [6.07, 6.45) is 2.77. The number of Topliss-reactive ketones (excluding diaryl/α,β-unsaturated/α-hetero) is 3. The van der Waals surface area contributed by atoms with Gasteiger partial charge in [-0.2, -0.15) is 0 Å². The number of ketones is 3. The maximum Gasteiger partial charge on any atom is 0.224 e. The predicted octanol–water partition coefficient (Wildman–Crippen LogP) is 3.53. The number of nitrogens with zero attached hydrogens (tertiary/aromatic N) is 3. The molecule has 0 spiro atoms. The minimum atomic E-state index is -0.755. The van der Waals surface area contributed by atoms with Crippen LogP contribution in [0.1, 0.15) is 55.2 Å². The van der Waals surface area contributed by atoms with E-state index in [0.717, 1.165) is 16.7 Å². The zero-order valence-corrected chi connectivity index (χ0v) is 38.5. The molecular weight excluding hydrogens is 859 g/mol. The minimum absolute atomic E-state index is 0.0968. The zero-order chi connectivity index (χ0) is 47.6. The van der Waals surface area contributed by atoms with Crippen LogP contribution in [-0.4, -0.2) is 166 Å². The molecule has 2 rings (SSSR count). The van der Waals surface area contributed by atoms with E-state index >= 15 is 0 Å². The van der Waals surface area contributed by atoms with Crippen molar-refractivity contribution in [2.24, 2.45) is 16.8 Å². The lowest BCUT2D eigenvalue weighted by atomic mass is 9.92. The van der Waals surface area contributed by atoms with Crippen LogP contribution in [0, 0.1) is 5.92 Å². The monoisotopic (exact) mass is 932 g/mol. The third kappa shape index (κ3) is 31.7. The molecule has 2 atom stereocenters. The van der Waals surface area contributed by atoms with Crippen molar-refractivity contribution in [2.45, 2.75) is 64.0 Å². The lowest BCUT2D eigenvalue weighted by molar-refractivity contribution is -0.134. The molecule has 19 heteroatoms. The van der Waals surface area contributed by atoms with Gasteiger partial charge in [-0.1, -0.05) is 59.7 Å².